The van der Waals surface area contributed by atoms with E-state index in [0.717, 1.165) is 16.9 Å². The summed E-state index contributed by atoms with van der Waals surface area (Å²) in [6, 6.07) is 12.0. The van der Waals surface area contributed by atoms with E-state index in [4.69, 9.17) is 10.5 Å². The van der Waals surface area contributed by atoms with Gasteiger partial charge in [0.25, 0.3) is 0 Å². The van der Waals surface area contributed by atoms with Crippen molar-refractivity contribution in [3.63, 3.8) is 0 Å². The Balaban J connectivity index is 1.92. The van der Waals surface area contributed by atoms with Gasteiger partial charge in [0.15, 0.2) is 0 Å². The Bertz CT molecular complexity index is 898. The summed E-state index contributed by atoms with van der Waals surface area (Å²) in [5.74, 6) is 0.492. The number of carbonyl (C=O) groups excluding carboxylic acids is 1. The zero-order valence-electron chi connectivity index (χ0n) is 15.5. The van der Waals surface area contributed by atoms with Gasteiger partial charge in [-0.15, -0.1) is 0 Å². The molecule has 0 bridgehead atoms. The standard InChI is InChI=1S/C19H25N3O4S/c1-14-6-7-15(2)18(12-14)26-11-8-19(23)22-16-4-3-5-17(13-16)27(24,25)21-10-9-20/h3-7,12-13,21H,8-11,20H2,1-2H3,(H,22,23). The van der Waals surface area contributed by atoms with Crippen LogP contribution in [0.5, 0.6) is 5.75 Å². The Hall–Kier alpha value is -2.42. The largest absolute Gasteiger partial charge is 0.493 e. The van der Waals surface area contributed by atoms with Gasteiger partial charge >= 0.3 is 0 Å². The number of anilines is 1. The second-order valence-electron chi connectivity index (χ2n) is 6.13. The number of hydrogen-bond donors (Lipinski definition) is 3. The van der Waals surface area contributed by atoms with Crippen LogP contribution in [-0.2, 0) is 14.8 Å². The Kier molecular flexibility index (Phi) is 7.35. The SMILES string of the molecule is Cc1ccc(C)c(OCCC(=O)Nc2cccc(S(=O)(=O)NCCN)c2)c1. The smallest absolute Gasteiger partial charge is 0.240 e. The quantitative estimate of drug-likeness (QED) is 0.605. The van der Waals surface area contributed by atoms with Crippen LogP contribution in [0.1, 0.15) is 17.5 Å². The fourth-order valence-corrected chi connectivity index (χ4v) is 3.45. The van der Waals surface area contributed by atoms with Crippen molar-refractivity contribution < 1.29 is 17.9 Å². The molecular formula is C19H25N3O4S. The second-order valence-corrected chi connectivity index (χ2v) is 7.90. The Morgan fingerprint density at radius 2 is 1.93 bits per heavy atom. The molecular weight excluding hydrogens is 366 g/mol. The minimum atomic E-state index is -3.65. The molecule has 0 aliphatic carbocycles. The average molecular weight is 391 g/mol. The third kappa shape index (κ3) is 6.35. The zero-order valence-corrected chi connectivity index (χ0v) is 16.3. The molecule has 0 spiro atoms. The van der Waals surface area contributed by atoms with E-state index in [-0.39, 0.29) is 36.9 Å². The molecule has 0 saturated heterocycles. The van der Waals surface area contributed by atoms with E-state index < -0.39 is 10.0 Å². The van der Waals surface area contributed by atoms with E-state index in [1.807, 2.05) is 32.0 Å². The van der Waals surface area contributed by atoms with Gasteiger partial charge in [0.05, 0.1) is 17.9 Å². The lowest BCUT2D eigenvalue weighted by molar-refractivity contribution is -0.116. The normalized spacial score (nSPS) is 11.2. The predicted molar refractivity (Wildman–Crippen MR) is 105 cm³/mol. The summed E-state index contributed by atoms with van der Waals surface area (Å²) >= 11 is 0. The molecule has 0 aliphatic rings. The lowest BCUT2D eigenvalue weighted by Gasteiger charge is -2.11. The number of carbonyl (C=O) groups is 1. The number of benzene rings is 2. The topological polar surface area (TPSA) is 111 Å². The first-order chi connectivity index (χ1) is 12.8. The van der Waals surface area contributed by atoms with Crippen LogP contribution in [0.4, 0.5) is 5.69 Å². The van der Waals surface area contributed by atoms with Crippen LogP contribution < -0.4 is 20.5 Å². The van der Waals surface area contributed by atoms with Crippen molar-refractivity contribution in [1.82, 2.24) is 4.72 Å². The van der Waals surface area contributed by atoms with Crippen molar-refractivity contribution in [1.29, 1.82) is 0 Å². The highest BCUT2D eigenvalue weighted by atomic mass is 32.2. The van der Waals surface area contributed by atoms with Crippen molar-refractivity contribution >= 4 is 21.6 Å². The maximum Gasteiger partial charge on any atom is 0.240 e. The number of ether oxygens (including phenoxy) is 1. The molecule has 8 heteroatoms. The number of nitrogens with two attached hydrogens (primary N) is 1. The van der Waals surface area contributed by atoms with Crippen molar-refractivity contribution in [2.45, 2.75) is 25.2 Å². The van der Waals surface area contributed by atoms with Crippen LogP contribution in [0.15, 0.2) is 47.4 Å². The fraction of sp³-hybridized carbons (Fsp3) is 0.316. The van der Waals surface area contributed by atoms with Gasteiger partial charge in [-0.05, 0) is 49.2 Å². The van der Waals surface area contributed by atoms with Crippen LogP contribution >= 0.6 is 0 Å². The molecule has 0 unspecified atom stereocenters. The van der Waals surface area contributed by atoms with E-state index in [1.165, 1.54) is 12.1 Å². The molecule has 0 radical (unpaired) electrons. The van der Waals surface area contributed by atoms with Crippen molar-refractivity contribution in [2.24, 2.45) is 5.73 Å². The van der Waals surface area contributed by atoms with Crippen LogP contribution in [0, 0.1) is 13.8 Å². The van der Waals surface area contributed by atoms with Gasteiger partial charge in [-0.3, -0.25) is 4.79 Å². The number of amides is 1. The van der Waals surface area contributed by atoms with Crippen molar-refractivity contribution in [3.8, 4) is 5.75 Å². The monoisotopic (exact) mass is 391 g/mol. The van der Waals surface area contributed by atoms with Gasteiger partial charge in [-0.1, -0.05) is 18.2 Å². The Labute approximate surface area is 160 Å². The zero-order chi connectivity index (χ0) is 19.9. The first-order valence-electron chi connectivity index (χ1n) is 8.61. The van der Waals surface area contributed by atoms with Crippen molar-refractivity contribution in [2.75, 3.05) is 25.0 Å². The summed E-state index contributed by atoms with van der Waals surface area (Å²) < 4.78 is 32.3. The number of hydrogen-bond acceptors (Lipinski definition) is 5. The lowest BCUT2D eigenvalue weighted by atomic mass is 10.1. The second kappa shape index (κ2) is 9.50. The van der Waals surface area contributed by atoms with Gasteiger partial charge in [0, 0.05) is 18.8 Å². The number of rotatable bonds is 9. The molecule has 2 aromatic rings. The van der Waals surface area contributed by atoms with Gasteiger partial charge in [0.2, 0.25) is 15.9 Å². The maximum absolute atomic E-state index is 12.1. The van der Waals surface area contributed by atoms with Gasteiger partial charge in [-0.2, -0.15) is 0 Å². The van der Waals surface area contributed by atoms with Crippen molar-refractivity contribution in [3.05, 3.63) is 53.6 Å². The summed E-state index contributed by atoms with van der Waals surface area (Å²) in [4.78, 5) is 12.2. The first kappa shape index (κ1) is 20.9. The molecule has 0 aromatic heterocycles. The number of sulfonamides is 1. The van der Waals surface area contributed by atoms with E-state index in [9.17, 15) is 13.2 Å². The Morgan fingerprint density at radius 1 is 1.15 bits per heavy atom. The molecule has 0 heterocycles. The molecule has 1 amide bonds. The predicted octanol–water partition coefficient (Wildman–Crippen LogP) is 1.95. The number of nitrogens with one attached hydrogen (secondary N) is 2. The van der Waals surface area contributed by atoms with Gasteiger partial charge < -0.3 is 15.8 Å². The van der Waals surface area contributed by atoms with E-state index >= 15 is 0 Å². The van der Waals surface area contributed by atoms with Crippen LogP contribution in [-0.4, -0.2) is 34.0 Å². The summed E-state index contributed by atoms with van der Waals surface area (Å²) in [6.45, 7) is 4.50. The van der Waals surface area contributed by atoms with Crippen LogP contribution in [0.3, 0.4) is 0 Å². The molecule has 2 aromatic carbocycles. The first-order valence-corrected chi connectivity index (χ1v) is 10.1. The summed E-state index contributed by atoms with van der Waals surface area (Å²) in [7, 11) is -3.65. The highest BCUT2D eigenvalue weighted by molar-refractivity contribution is 7.89. The Morgan fingerprint density at radius 3 is 2.67 bits per heavy atom. The molecule has 0 saturated carbocycles. The van der Waals surface area contributed by atoms with Gasteiger partial charge in [-0.25, -0.2) is 13.1 Å². The highest BCUT2D eigenvalue weighted by Gasteiger charge is 2.14. The molecule has 0 atom stereocenters. The third-order valence-corrected chi connectivity index (χ3v) is 5.25. The minimum absolute atomic E-state index is 0.0698. The fourth-order valence-electron chi connectivity index (χ4n) is 2.36. The molecule has 0 aliphatic heterocycles. The summed E-state index contributed by atoms with van der Waals surface area (Å²) in [5.41, 5.74) is 7.81. The van der Waals surface area contributed by atoms with E-state index in [1.54, 1.807) is 12.1 Å². The molecule has 0 fully saturated rings. The third-order valence-electron chi connectivity index (χ3n) is 3.79. The highest BCUT2D eigenvalue weighted by Crippen LogP contribution is 2.19. The summed E-state index contributed by atoms with van der Waals surface area (Å²) in [6.07, 6.45) is 0.149. The van der Waals surface area contributed by atoms with Gasteiger partial charge in [0.1, 0.15) is 5.75 Å². The average Bonchev–Trinajstić information content (AvgIpc) is 2.63. The molecule has 7 nitrogen and oxygen atoms in total. The lowest BCUT2D eigenvalue weighted by Crippen LogP contribution is -2.29. The number of aryl methyl sites for hydroxylation is 2. The van der Waals surface area contributed by atoms with Crippen LogP contribution in [0.25, 0.3) is 0 Å². The van der Waals surface area contributed by atoms with Crippen LogP contribution in [0.2, 0.25) is 0 Å². The van der Waals surface area contributed by atoms with E-state index in [2.05, 4.69) is 10.0 Å². The minimum Gasteiger partial charge on any atom is -0.493 e. The summed E-state index contributed by atoms with van der Waals surface area (Å²) in [5, 5.41) is 2.69. The maximum atomic E-state index is 12.1. The van der Waals surface area contributed by atoms with E-state index in [0.29, 0.717) is 5.69 Å². The molecule has 146 valence electrons. The molecule has 4 N–H and O–H groups in total. The molecule has 27 heavy (non-hydrogen) atoms. The molecule has 2 rings (SSSR count).